The van der Waals surface area contributed by atoms with E-state index in [0.717, 1.165) is 38.5 Å². The molecular formula is C14H27NaO7S. The predicted molar refractivity (Wildman–Crippen MR) is 81.8 cm³/mol. The van der Waals surface area contributed by atoms with Gasteiger partial charge in [-0.15, -0.1) is 0 Å². The van der Waals surface area contributed by atoms with Gasteiger partial charge in [0, 0.05) is 0 Å². The standard InChI is InChI=1S/C14H26O4.Na.H2O3S/c1-3-5-7-11-17-13(15)9-10-14(16)18-12-8-6-4-2;;1-4(2)3/h3-12H2,1-2H3;;(H2,1,2,3)/q;+1;/p-1. The topological polar surface area (TPSA) is 113 Å². The Balaban J connectivity index is -0.000000712. The number of ether oxygens (including phenoxy) is 2. The molecule has 0 aliphatic rings. The second kappa shape index (κ2) is 22.0. The maximum Gasteiger partial charge on any atom is 1.00 e. The summed E-state index contributed by atoms with van der Waals surface area (Å²) in [5.74, 6) is -0.617. The van der Waals surface area contributed by atoms with Crippen LogP contribution in [0.15, 0.2) is 0 Å². The Kier molecular flexibility index (Phi) is 26.6. The van der Waals surface area contributed by atoms with Crippen LogP contribution in [0.4, 0.5) is 0 Å². The molecule has 0 saturated carbocycles. The van der Waals surface area contributed by atoms with Gasteiger partial charge in [0.05, 0.1) is 37.4 Å². The first kappa shape index (κ1) is 27.8. The van der Waals surface area contributed by atoms with Crippen LogP contribution in [0.2, 0.25) is 0 Å². The summed E-state index contributed by atoms with van der Waals surface area (Å²) in [5, 5.41) is 0. The molecule has 0 amide bonds. The third-order valence-electron chi connectivity index (χ3n) is 2.56. The first-order chi connectivity index (χ1) is 10.4. The predicted octanol–water partition coefficient (Wildman–Crippen LogP) is -0.424. The molecule has 0 rings (SSSR count). The van der Waals surface area contributed by atoms with E-state index in [4.69, 9.17) is 22.8 Å². The van der Waals surface area contributed by atoms with Crippen LogP contribution in [0, 0.1) is 0 Å². The molecule has 9 heteroatoms. The van der Waals surface area contributed by atoms with E-state index in [0.29, 0.717) is 13.2 Å². The third-order valence-corrected chi connectivity index (χ3v) is 2.56. The van der Waals surface area contributed by atoms with Crippen molar-refractivity contribution in [3.8, 4) is 0 Å². The summed E-state index contributed by atoms with van der Waals surface area (Å²) in [6, 6.07) is 0. The average Bonchev–Trinajstić information content (AvgIpc) is 2.45. The van der Waals surface area contributed by atoms with Crippen LogP contribution >= 0.6 is 0 Å². The van der Waals surface area contributed by atoms with Gasteiger partial charge in [0.15, 0.2) is 0 Å². The molecular weight excluding hydrogens is 335 g/mol. The summed E-state index contributed by atoms with van der Waals surface area (Å²) in [7, 11) is 0. The average molecular weight is 362 g/mol. The van der Waals surface area contributed by atoms with Crippen molar-refractivity contribution in [1.29, 1.82) is 0 Å². The molecule has 0 saturated heterocycles. The van der Waals surface area contributed by atoms with E-state index in [1.165, 1.54) is 0 Å². The number of unbranched alkanes of at least 4 members (excludes halogenated alkanes) is 4. The Morgan fingerprint density at radius 1 is 0.913 bits per heavy atom. The van der Waals surface area contributed by atoms with E-state index in [1.807, 2.05) is 0 Å². The molecule has 0 fully saturated rings. The molecule has 7 nitrogen and oxygen atoms in total. The molecule has 1 atom stereocenters. The minimum atomic E-state index is -2.86. The van der Waals surface area contributed by atoms with Gasteiger partial charge in [-0.3, -0.25) is 9.59 Å². The molecule has 0 bridgehead atoms. The van der Waals surface area contributed by atoms with E-state index >= 15 is 0 Å². The van der Waals surface area contributed by atoms with Gasteiger partial charge in [-0.2, -0.15) is 0 Å². The van der Waals surface area contributed by atoms with Crippen molar-refractivity contribution in [1.82, 2.24) is 0 Å². The largest absolute Gasteiger partial charge is 1.00 e. The SMILES string of the molecule is CCCCCOC(=O)CCC(=O)OCCCCC.O=S([O-])O.[Na+]. The third kappa shape index (κ3) is 30.5. The number of hydrogen-bond donors (Lipinski definition) is 1. The summed E-state index contributed by atoms with van der Waals surface area (Å²) in [6.07, 6.45) is 6.35. The molecule has 0 radical (unpaired) electrons. The van der Waals surface area contributed by atoms with E-state index in [9.17, 15) is 9.59 Å². The summed E-state index contributed by atoms with van der Waals surface area (Å²) >= 11 is -2.86. The molecule has 0 aliphatic heterocycles. The van der Waals surface area contributed by atoms with E-state index in [2.05, 4.69) is 13.8 Å². The monoisotopic (exact) mass is 362 g/mol. The molecule has 0 spiro atoms. The Bertz CT molecular complexity index is 286. The van der Waals surface area contributed by atoms with Gasteiger partial charge in [-0.25, -0.2) is 4.21 Å². The van der Waals surface area contributed by atoms with Crippen molar-refractivity contribution >= 4 is 23.3 Å². The van der Waals surface area contributed by atoms with Crippen molar-refractivity contribution in [2.75, 3.05) is 13.2 Å². The van der Waals surface area contributed by atoms with Gasteiger partial charge in [-0.1, -0.05) is 39.5 Å². The maximum absolute atomic E-state index is 11.3. The zero-order valence-corrected chi connectivity index (χ0v) is 17.2. The number of carbonyl (C=O) groups is 2. The fourth-order valence-electron chi connectivity index (χ4n) is 1.42. The molecule has 0 aromatic carbocycles. The first-order valence-corrected chi connectivity index (χ1v) is 8.56. The van der Waals surface area contributed by atoms with Crippen LogP contribution in [-0.4, -0.2) is 38.5 Å². The fraction of sp³-hybridized carbons (Fsp3) is 0.857. The molecule has 23 heavy (non-hydrogen) atoms. The number of rotatable bonds is 11. The molecule has 0 aromatic heterocycles. The fourth-order valence-corrected chi connectivity index (χ4v) is 1.42. The smallest absolute Gasteiger partial charge is 0.750 e. The van der Waals surface area contributed by atoms with Crippen LogP contribution in [-0.2, 0) is 30.4 Å². The zero-order chi connectivity index (χ0) is 17.2. The Labute approximate surface area is 163 Å². The summed E-state index contributed by atoms with van der Waals surface area (Å²) in [6.45, 7) is 5.10. The van der Waals surface area contributed by atoms with Crippen LogP contribution in [0.3, 0.4) is 0 Å². The summed E-state index contributed by atoms with van der Waals surface area (Å²) in [4.78, 5) is 22.5. The first-order valence-electron chi connectivity index (χ1n) is 7.53. The molecule has 0 heterocycles. The van der Waals surface area contributed by atoms with Gasteiger partial charge in [0.1, 0.15) is 0 Å². The number of esters is 2. The van der Waals surface area contributed by atoms with Gasteiger partial charge in [0.25, 0.3) is 0 Å². The van der Waals surface area contributed by atoms with Gasteiger partial charge in [0.2, 0.25) is 0 Å². The van der Waals surface area contributed by atoms with Gasteiger partial charge in [-0.05, 0) is 12.8 Å². The quantitative estimate of drug-likeness (QED) is 0.230. The van der Waals surface area contributed by atoms with E-state index in [-0.39, 0.29) is 54.3 Å². The summed E-state index contributed by atoms with van der Waals surface area (Å²) < 4.78 is 34.1. The minimum Gasteiger partial charge on any atom is -0.750 e. The van der Waals surface area contributed by atoms with Crippen LogP contribution in [0.5, 0.6) is 0 Å². The Morgan fingerprint density at radius 2 is 1.22 bits per heavy atom. The van der Waals surface area contributed by atoms with Crippen LogP contribution in [0.1, 0.15) is 65.2 Å². The molecule has 1 unspecified atom stereocenters. The minimum absolute atomic E-state index is 0. The van der Waals surface area contributed by atoms with Gasteiger partial charge < -0.3 is 18.6 Å². The van der Waals surface area contributed by atoms with Crippen LogP contribution < -0.4 is 29.6 Å². The zero-order valence-electron chi connectivity index (χ0n) is 14.4. The van der Waals surface area contributed by atoms with E-state index in [1.54, 1.807) is 0 Å². The Hall–Kier alpha value is 0.01000. The van der Waals surface area contributed by atoms with Crippen molar-refractivity contribution in [2.45, 2.75) is 65.2 Å². The van der Waals surface area contributed by atoms with Crippen molar-refractivity contribution in [3.05, 3.63) is 0 Å². The van der Waals surface area contributed by atoms with Crippen molar-refractivity contribution in [3.63, 3.8) is 0 Å². The molecule has 1 N–H and O–H groups in total. The maximum atomic E-state index is 11.3. The number of carbonyl (C=O) groups excluding carboxylic acids is 2. The Morgan fingerprint density at radius 3 is 1.48 bits per heavy atom. The summed E-state index contributed by atoms with van der Waals surface area (Å²) in [5.41, 5.74) is 0. The second-order valence-corrected chi connectivity index (χ2v) is 5.01. The molecule has 0 aromatic rings. The normalized spacial score (nSPS) is 10.6. The number of hydrogen-bond acceptors (Lipinski definition) is 6. The van der Waals surface area contributed by atoms with Crippen molar-refractivity contribution < 1.29 is 61.9 Å². The van der Waals surface area contributed by atoms with Crippen molar-refractivity contribution in [2.24, 2.45) is 0 Å². The van der Waals surface area contributed by atoms with Gasteiger partial charge >= 0.3 is 41.5 Å². The van der Waals surface area contributed by atoms with Crippen LogP contribution in [0.25, 0.3) is 0 Å². The van der Waals surface area contributed by atoms with E-state index < -0.39 is 11.4 Å². The second-order valence-electron chi connectivity index (χ2n) is 4.57. The molecule has 132 valence electrons. The molecule has 0 aliphatic carbocycles.